The molecule has 1 saturated heterocycles. The average molecular weight is 1410 g/mol. The van der Waals surface area contributed by atoms with E-state index in [1.165, 1.54) is 0 Å². The minimum Gasteiger partial charge on any atom is -0.497 e. The Balaban J connectivity index is 1.00. The lowest BCUT2D eigenvalue weighted by atomic mass is 9.83. The van der Waals surface area contributed by atoms with Crippen LogP contribution in [0.4, 0.5) is 0 Å². The summed E-state index contributed by atoms with van der Waals surface area (Å²) in [5, 5.41) is 14.6. The highest BCUT2D eigenvalue weighted by Gasteiger charge is 2.59. The standard InChI is InChI=1S/C88H96O14Si/c1-88(2,3)103(75-46-28-12-29-47-75,76-48-30-13-31-49-76)100-63-73(89)62-99-82-80(94-57-68-38-20-8-21-39-68)81(95-58-69-40-22-9-23-41-69)83(96-59-70-42-24-10-25-43-70)85(84(82)97-61-72-50-52-74(90-4)53-51-72)102-87-86(98-60-71-44-26-11-27-45-71)79(93-56-67-36-18-7-19-37-67)78(92-55-66-34-16-6-17-35-66)77(101-87)64-91-54-65-32-14-5-15-33-65/h5-53,73,77-87,89H,54-64H2,1-4H3/t73-,77-,78-,79+,80-,81-,82+,83+,84-,85+,86+,87-/m1/s1. The van der Waals surface area contributed by atoms with Crippen LogP contribution in [0.3, 0.4) is 0 Å². The molecule has 103 heavy (non-hydrogen) atoms. The summed E-state index contributed by atoms with van der Waals surface area (Å²) < 4.78 is 94.6. The number of hydrogen-bond acceptors (Lipinski definition) is 14. The first-order valence-corrected chi connectivity index (χ1v) is 37.6. The van der Waals surface area contributed by atoms with Crippen molar-refractivity contribution in [3.05, 3.63) is 342 Å². The van der Waals surface area contributed by atoms with Crippen molar-refractivity contribution >= 4 is 18.7 Å². The summed E-state index contributed by atoms with van der Waals surface area (Å²) in [6.07, 6.45) is -12.2. The third-order valence-electron chi connectivity index (χ3n) is 18.9. The molecule has 0 aromatic heterocycles. The minimum atomic E-state index is -3.16. The molecule has 1 N–H and O–H groups in total. The number of aliphatic hydroxyl groups excluding tert-OH is 1. The normalized spacial score (nSPS) is 21.7. The number of ether oxygens (including phenoxy) is 12. The maximum Gasteiger partial charge on any atom is 0.261 e. The topological polar surface area (TPSA) is 140 Å². The monoisotopic (exact) mass is 1400 g/mol. The molecule has 2 aliphatic rings. The summed E-state index contributed by atoms with van der Waals surface area (Å²) in [5.41, 5.74) is 7.38. The van der Waals surface area contributed by atoms with Crippen LogP contribution in [-0.4, -0.2) is 114 Å². The number of aliphatic hydroxyl groups is 1. The number of hydrogen-bond donors (Lipinski definition) is 1. The van der Waals surface area contributed by atoms with Crippen molar-refractivity contribution in [2.45, 2.75) is 152 Å². The summed E-state index contributed by atoms with van der Waals surface area (Å²) in [4.78, 5) is 0. The highest BCUT2D eigenvalue weighted by atomic mass is 28.4. The molecule has 0 spiro atoms. The van der Waals surface area contributed by atoms with Crippen LogP contribution in [0.2, 0.25) is 5.04 Å². The zero-order chi connectivity index (χ0) is 70.9. The molecule has 536 valence electrons. The van der Waals surface area contributed by atoms with Gasteiger partial charge >= 0.3 is 0 Å². The van der Waals surface area contributed by atoms with Crippen molar-refractivity contribution in [3.8, 4) is 5.75 Å². The smallest absolute Gasteiger partial charge is 0.261 e. The first-order valence-electron chi connectivity index (χ1n) is 35.7. The third-order valence-corrected chi connectivity index (χ3v) is 23.9. The van der Waals surface area contributed by atoms with E-state index < -0.39 is 81.8 Å². The molecule has 2 fully saturated rings. The first-order chi connectivity index (χ1) is 50.6. The number of rotatable bonds is 36. The van der Waals surface area contributed by atoms with E-state index in [0.717, 1.165) is 54.9 Å². The Morgan fingerprint density at radius 1 is 0.330 bits per heavy atom. The predicted octanol–water partition coefficient (Wildman–Crippen LogP) is 14.8. The van der Waals surface area contributed by atoms with Gasteiger partial charge in [-0.2, -0.15) is 0 Å². The fourth-order valence-corrected chi connectivity index (χ4v) is 18.3. The Morgan fingerprint density at radius 3 is 0.971 bits per heavy atom. The van der Waals surface area contributed by atoms with E-state index in [2.05, 4.69) is 69.3 Å². The first kappa shape index (κ1) is 74.4. The molecular formula is C88H96O14Si. The Kier molecular flexibility index (Phi) is 27.4. The van der Waals surface area contributed by atoms with Gasteiger partial charge in [-0.05, 0) is 72.1 Å². The Morgan fingerprint density at radius 2 is 0.621 bits per heavy atom. The zero-order valence-electron chi connectivity index (χ0n) is 59.3. The van der Waals surface area contributed by atoms with E-state index in [0.29, 0.717) is 12.4 Å². The average Bonchev–Trinajstić information content (AvgIpc) is 0.758. The van der Waals surface area contributed by atoms with Crippen LogP contribution in [0.15, 0.2) is 297 Å². The summed E-state index contributed by atoms with van der Waals surface area (Å²) in [6.45, 7) is 7.79. The summed E-state index contributed by atoms with van der Waals surface area (Å²) in [5.74, 6) is 0.689. The molecule has 15 heteroatoms. The van der Waals surface area contributed by atoms with Crippen LogP contribution >= 0.6 is 0 Å². The van der Waals surface area contributed by atoms with E-state index in [1.807, 2.05) is 249 Å². The summed E-state index contributed by atoms with van der Waals surface area (Å²) in [7, 11) is -1.52. The van der Waals surface area contributed by atoms with Crippen LogP contribution in [0, 0.1) is 0 Å². The van der Waals surface area contributed by atoms with Crippen molar-refractivity contribution in [2.75, 3.05) is 26.9 Å². The Labute approximate surface area is 608 Å². The van der Waals surface area contributed by atoms with E-state index in [4.69, 9.17) is 61.3 Å². The maximum atomic E-state index is 12.8. The van der Waals surface area contributed by atoms with Crippen molar-refractivity contribution in [1.29, 1.82) is 0 Å². The molecule has 1 aliphatic carbocycles. The van der Waals surface area contributed by atoms with Crippen molar-refractivity contribution in [2.24, 2.45) is 0 Å². The molecular weight excluding hydrogens is 1310 g/mol. The lowest BCUT2D eigenvalue weighted by molar-refractivity contribution is -0.366. The lowest BCUT2D eigenvalue weighted by Crippen LogP contribution is -2.70. The molecule has 12 rings (SSSR count). The molecule has 10 aromatic rings. The van der Waals surface area contributed by atoms with Crippen molar-refractivity contribution in [1.82, 2.24) is 0 Å². The second-order valence-electron chi connectivity index (χ2n) is 27.3. The predicted molar refractivity (Wildman–Crippen MR) is 401 cm³/mol. The zero-order valence-corrected chi connectivity index (χ0v) is 60.3. The SMILES string of the molecule is COc1ccc(CO[C@@H]2[C@@H](OC[C@@H](O)CO[Si](c3ccccc3)(c3ccccc3)C(C)(C)C)[C@H](OCc3ccccc3)[C@@H](OCc3ccccc3)[C@H](OCc3ccccc3)[C@@H]2O[C@H]2O[C@H](COCc3ccccc3)[C@@H](OCc3ccccc3)[C@H](OCc3ccccc3)[C@@H]2OCc2ccccc2)cc1. The Bertz CT molecular complexity index is 3940. The molecule has 0 amide bonds. The van der Waals surface area contributed by atoms with Gasteiger partial charge in [0.05, 0.1) is 85.9 Å². The molecule has 1 aliphatic heterocycles. The van der Waals surface area contributed by atoms with Gasteiger partial charge in [-0.25, -0.2) is 0 Å². The van der Waals surface area contributed by atoms with Crippen LogP contribution < -0.4 is 15.1 Å². The van der Waals surface area contributed by atoms with Gasteiger partial charge in [0.25, 0.3) is 8.32 Å². The Hall–Kier alpha value is -8.30. The molecule has 14 nitrogen and oxygen atoms in total. The van der Waals surface area contributed by atoms with Gasteiger partial charge in [0.1, 0.15) is 66.8 Å². The van der Waals surface area contributed by atoms with E-state index >= 15 is 0 Å². The highest BCUT2D eigenvalue weighted by Crippen LogP contribution is 2.41. The fourth-order valence-electron chi connectivity index (χ4n) is 13.7. The van der Waals surface area contributed by atoms with Gasteiger partial charge in [-0.3, -0.25) is 0 Å². The van der Waals surface area contributed by atoms with Crippen molar-refractivity contribution in [3.63, 3.8) is 0 Å². The minimum absolute atomic E-state index is 0.0634. The van der Waals surface area contributed by atoms with Crippen molar-refractivity contribution < 1.29 is 66.4 Å². The number of benzene rings is 10. The van der Waals surface area contributed by atoms with Gasteiger partial charge < -0.3 is 66.4 Å². The molecule has 0 bridgehead atoms. The van der Waals surface area contributed by atoms with Crippen LogP contribution in [0.5, 0.6) is 5.75 Å². The second kappa shape index (κ2) is 37.9. The molecule has 0 unspecified atom stereocenters. The highest BCUT2D eigenvalue weighted by molar-refractivity contribution is 6.99. The third kappa shape index (κ3) is 20.4. The lowest BCUT2D eigenvalue weighted by Gasteiger charge is -2.52. The van der Waals surface area contributed by atoms with Crippen LogP contribution in [0.1, 0.15) is 65.3 Å². The summed E-state index contributed by atoms with van der Waals surface area (Å²) in [6, 6.07) is 98.9. The molecule has 0 radical (unpaired) electrons. The molecule has 1 saturated carbocycles. The fraction of sp³-hybridized carbons (Fsp3) is 0.318. The van der Waals surface area contributed by atoms with E-state index in [-0.39, 0.29) is 71.1 Å². The van der Waals surface area contributed by atoms with E-state index in [1.54, 1.807) is 7.11 Å². The second-order valence-corrected chi connectivity index (χ2v) is 31.6. The number of methoxy groups -OCH3 is 1. The van der Waals surface area contributed by atoms with E-state index in [9.17, 15) is 5.11 Å². The quantitative estimate of drug-likeness (QED) is 0.0372. The maximum absolute atomic E-state index is 12.8. The largest absolute Gasteiger partial charge is 0.497 e. The van der Waals surface area contributed by atoms with Gasteiger partial charge in [-0.1, -0.05) is 306 Å². The van der Waals surface area contributed by atoms with Gasteiger partial charge in [0, 0.05) is 0 Å². The van der Waals surface area contributed by atoms with Gasteiger partial charge in [-0.15, -0.1) is 0 Å². The van der Waals surface area contributed by atoms with Gasteiger partial charge in [0.15, 0.2) is 6.29 Å². The molecule has 12 atom stereocenters. The molecule has 1 heterocycles. The molecule has 10 aromatic carbocycles. The van der Waals surface area contributed by atoms with Crippen LogP contribution in [0.25, 0.3) is 0 Å². The summed E-state index contributed by atoms with van der Waals surface area (Å²) >= 11 is 0. The van der Waals surface area contributed by atoms with Gasteiger partial charge in [0.2, 0.25) is 0 Å². The van der Waals surface area contributed by atoms with Crippen LogP contribution in [-0.2, 0) is 109 Å².